The molecule has 1 aromatic rings. The van der Waals surface area contributed by atoms with Crippen LogP contribution in [0, 0.1) is 6.92 Å². The fraction of sp³-hybridized carbons (Fsp3) is 0.593. The van der Waals surface area contributed by atoms with E-state index in [2.05, 4.69) is 6.92 Å². The zero-order valence-electron chi connectivity index (χ0n) is 21.1. The Labute approximate surface area is 203 Å². The Balaban J connectivity index is 2.28. The van der Waals surface area contributed by atoms with Crippen LogP contribution in [0.4, 0.5) is 0 Å². The van der Waals surface area contributed by atoms with E-state index in [0.29, 0.717) is 55.7 Å². The molecule has 0 bridgehead atoms. The third kappa shape index (κ3) is 7.42. The molecule has 0 unspecified atom stereocenters. The number of carbonyl (C=O) groups is 3. The summed E-state index contributed by atoms with van der Waals surface area (Å²) >= 11 is 0. The molecule has 1 saturated heterocycles. The van der Waals surface area contributed by atoms with Gasteiger partial charge in [-0.15, -0.1) is 0 Å². The standard InChI is InChI=1S/C27H39NO6/c1-5-6-7-8-9-10-11-12-21(27(31)28-13-15-34-16-14-28)18-24(30)22-17-20(2)23(19-29)26(33-4)25(22)32-3/h17-19H,5-16H2,1-4H3/b21-18+. The highest BCUT2D eigenvalue weighted by Crippen LogP contribution is 2.37. The van der Waals surface area contributed by atoms with Gasteiger partial charge in [-0.3, -0.25) is 14.4 Å². The van der Waals surface area contributed by atoms with Gasteiger partial charge >= 0.3 is 0 Å². The third-order valence-corrected chi connectivity index (χ3v) is 6.20. The highest BCUT2D eigenvalue weighted by Gasteiger charge is 2.25. The lowest BCUT2D eigenvalue weighted by Gasteiger charge is -2.28. The van der Waals surface area contributed by atoms with Crippen molar-refractivity contribution in [2.24, 2.45) is 0 Å². The number of carbonyl (C=O) groups excluding carboxylic acids is 3. The maximum Gasteiger partial charge on any atom is 0.250 e. The summed E-state index contributed by atoms with van der Waals surface area (Å²) < 4.78 is 16.2. The van der Waals surface area contributed by atoms with Gasteiger partial charge in [-0.1, -0.05) is 45.4 Å². The number of benzene rings is 1. The molecule has 2 rings (SSSR count). The van der Waals surface area contributed by atoms with Gasteiger partial charge in [0.15, 0.2) is 23.6 Å². The summed E-state index contributed by atoms with van der Waals surface area (Å²) in [6.07, 6.45) is 10.6. The van der Waals surface area contributed by atoms with Gasteiger partial charge in [0.2, 0.25) is 5.91 Å². The molecule has 0 radical (unpaired) electrons. The highest BCUT2D eigenvalue weighted by molar-refractivity contribution is 6.12. The van der Waals surface area contributed by atoms with E-state index in [4.69, 9.17) is 14.2 Å². The molecule has 0 aliphatic carbocycles. The lowest BCUT2D eigenvalue weighted by Crippen LogP contribution is -2.41. The monoisotopic (exact) mass is 473 g/mol. The molecular weight excluding hydrogens is 434 g/mol. The maximum absolute atomic E-state index is 13.4. The second kappa shape index (κ2) is 14.6. The molecule has 7 heteroatoms. The molecule has 1 amide bonds. The Kier molecular flexibility index (Phi) is 11.8. The van der Waals surface area contributed by atoms with E-state index in [-0.39, 0.29) is 28.8 Å². The first kappa shape index (κ1) is 27.6. The minimum absolute atomic E-state index is 0.116. The topological polar surface area (TPSA) is 82.1 Å². The number of unbranched alkanes of at least 4 members (excludes halogenated alkanes) is 6. The van der Waals surface area contributed by atoms with Gasteiger partial charge in [0.05, 0.1) is 38.6 Å². The van der Waals surface area contributed by atoms with E-state index < -0.39 is 0 Å². The Hall–Kier alpha value is -2.67. The summed E-state index contributed by atoms with van der Waals surface area (Å²) in [7, 11) is 2.86. The van der Waals surface area contributed by atoms with Crippen LogP contribution in [0.5, 0.6) is 11.5 Å². The quantitative estimate of drug-likeness (QED) is 0.165. The van der Waals surface area contributed by atoms with Gasteiger partial charge in [-0.25, -0.2) is 0 Å². The first-order valence-corrected chi connectivity index (χ1v) is 12.3. The number of morpholine rings is 1. The highest BCUT2D eigenvalue weighted by atomic mass is 16.5. The summed E-state index contributed by atoms with van der Waals surface area (Å²) in [6.45, 7) is 5.98. The van der Waals surface area contributed by atoms with Crippen molar-refractivity contribution in [3.05, 3.63) is 34.4 Å². The first-order chi connectivity index (χ1) is 16.5. The predicted molar refractivity (Wildman–Crippen MR) is 132 cm³/mol. The van der Waals surface area contributed by atoms with E-state index in [0.717, 1.165) is 19.3 Å². The number of hydrogen-bond acceptors (Lipinski definition) is 6. The summed E-state index contributed by atoms with van der Waals surface area (Å²) in [6, 6.07) is 1.62. The molecule has 1 aliphatic rings. The van der Waals surface area contributed by atoms with Gasteiger partial charge in [-0.05, 0) is 37.5 Å². The zero-order chi connectivity index (χ0) is 24.9. The van der Waals surface area contributed by atoms with E-state index in [1.54, 1.807) is 17.9 Å². The Bertz CT molecular complexity index is 870. The van der Waals surface area contributed by atoms with Crippen molar-refractivity contribution in [2.75, 3.05) is 40.5 Å². The number of aldehydes is 1. The maximum atomic E-state index is 13.4. The molecule has 7 nitrogen and oxygen atoms in total. The van der Waals surface area contributed by atoms with Crippen LogP contribution < -0.4 is 9.47 Å². The molecule has 0 saturated carbocycles. The van der Waals surface area contributed by atoms with Crippen molar-refractivity contribution < 1.29 is 28.6 Å². The molecular formula is C27H39NO6. The van der Waals surface area contributed by atoms with Crippen LogP contribution in [0.25, 0.3) is 0 Å². The van der Waals surface area contributed by atoms with Crippen LogP contribution >= 0.6 is 0 Å². The number of amides is 1. The third-order valence-electron chi connectivity index (χ3n) is 6.20. The summed E-state index contributed by atoms with van der Waals surface area (Å²) in [5.74, 6) is -0.0296. The van der Waals surface area contributed by atoms with E-state index in [9.17, 15) is 14.4 Å². The van der Waals surface area contributed by atoms with Gasteiger partial charge in [0.1, 0.15) is 0 Å². The van der Waals surface area contributed by atoms with Crippen molar-refractivity contribution in [3.8, 4) is 11.5 Å². The predicted octanol–water partition coefficient (Wildman–Crippen LogP) is 4.93. The summed E-state index contributed by atoms with van der Waals surface area (Å²) in [5, 5.41) is 0. The fourth-order valence-electron chi connectivity index (χ4n) is 4.24. The Morgan fingerprint density at radius 3 is 2.21 bits per heavy atom. The van der Waals surface area contributed by atoms with Gasteiger partial charge in [-0.2, -0.15) is 0 Å². The Morgan fingerprint density at radius 1 is 1.00 bits per heavy atom. The first-order valence-electron chi connectivity index (χ1n) is 12.3. The van der Waals surface area contributed by atoms with Gasteiger partial charge in [0, 0.05) is 18.7 Å². The molecule has 1 heterocycles. The molecule has 0 aromatic heterocycles. The van der Waals surface area contributed by atoms with Crippen molar-refractivity contribution in [1.29, 1.82) is 0 Å². The molecule has 0 N–H and O–H groups in total. The van der Waals surface area contributed by atoms with Crippen LogP contribution in [0.15, 0.2) is 17.7 Å². The van der Waals surface area contributed by atoms with Crippen LogP contribution in [-0.2, 0) is 9.53 Å². The minimum Gasteiger partial charge on any atom is -0.492 e. The van der Waals surface area contributed by atoms with Crippen molar-refractivity contribution >= 4 is 18.0 Å². The van der Waals surface area contributed by atoms with E-state index in [1.165, 1.54) is 46.0 Å². The van der Waals surface area contributed by atoms with Crippen LogP contribution in [0.3, 0.4) is 0 Å². The number of aryl methyl sites for hydroxylation is 1. The lowest BCUT2D eigenvalue weighted by molar-refractivity contribution is -0.131. The van der Waals surface area contributed by atoms with Gasteiger partial charge < -0.3 is 19.1 Å². The van der Waals surface area contributed by atoms with Crippen molar-refractivity contribution in [2.45, 2.75) is 65.2 Å². The minimum atomic E-state index is -0.338. The molecule has 1 fully saturated rings. The molecule has 188 valence electrons. The fourth-order valence-corrected chi connectivity index (χ4v) is 4.24. The molecule has 0 spiro atoms. The van der Waals surface area contributed by atoms with Crippen LogP contribution in [0.1, 0.15) is 84.6 Å². The number of hydrogen-bond donors (Lipinski definition) is 0. The number of rotatable bonds is 14. The average molecular weight is 474 g/mol. The smallest absolute Gasteiger partial charge is 0.250 e. The van der Waals surface area contributed by atoms with Crippen LogP contribution in [-0.4, -0.2) is 63.4 Å². The number of allylic oxidation sites excluding steroid dienone is 1. The summed E-state index contributed by atoms with van der Waals surface area (Å²) in [4.78, 5) is 39.9. The molecule has 1 aliphatic heterocycles. The van der Waals surface area contributed by atoms with Crippen molar-refractivity contribution in [3.63, 3.8) is 0 Å². The normalized spacial score (nSPS) is 14.1. The number of ketones is 1. The molecule has 0 atom stereocenters. The zero-order valence-corrected chi connectivity index (χ0v) is 21.1. The number of ether oxygens (including phenoxy) is 3. The SMILES string of the molecule is CCCCCCCCC/C(=C\C(=O)c1cc(C)c(C=O)c(OC)c1OC)C(=O)N1CCOCC1. The second-order valence-electron chi connectivity index (χ2n) is 8.65. The average Bonchev–Trinajstić information content (AvgIpc) is 2.86. The largest absolute Gasteiger partial charge is 0.492 e. The lowest BCUT2D eigenvalue weighted by atomic mass is 9.97. The van der Waals surface area contributed by atoms with E-state index >= 15 is 0 Å². The summed E-state index contributed by atoms with van der Waals surface area (Å²) in [5.41, 5.74) is 1.72. The molecule has 34 heavy (non-hydrogen) atoms. The second-order valence-corrected chi connectivity index (χ2v) is 8.65. The van der Waals surface area contributed by atoms with Crippen molar-refractivity contribution in [1.82, 2.24) is 4.90 Å². The van der Waals surface area contributed by atoms with Gasteiger partial charge in [0.25, 0.3) is 0 Å². The Morgan fingerprint density at radius 2 is 1.62 bits per heavy atom. The number of nitrogens with zero attached hydrogens (tertiary/aromatic N) is 1. The van der Waals surface area contributed by atoms with Crippen LogP contribution in [0.2, 0.25) is 0 Å². The van der Waals surface area contributed by atoms with E-state index in [1.807, 2.05) is 0 Å². The number of methoxy groups -OCH3 is 2. The molecule has 1 aromatic carbocycles.